The lowest BCUT2D eigenvalue weighted by atomic mass is 9.94. The summed E-state index contributed by atoms with van der Waals surface area (Å²) in [5.41, 5.74) is -0.317. The zero-order chi connectivity index (χ0) is 27.4. The third-order valence-electron chi connectivity index (χ3n) is 5.48. The fourth-order valence-electron chi connectivity index (χ4n) is 4.01. The van der Waals surface area contributed by atoms with Crippen LogP contribution in [0, 0.1) is 11.2 Å². The lowest BCUT2D eigenvalue weighted by molar-refractivity contribution is -0.233. The van der Waals surface area contributed by atoms with E-state index >= 15 is 0 Å². The van der Waals surface area contributed by atoms with E-state index in [0.29, 0.717) is 16.6 Å². The molecule has 0 aliphatic carbocycles. The van der Waals surface area contributed by atoms with E-state index in [2.05, 4.69) is 21.2 Å². The van der Waals surface area contributed by atoms with Crippen molar-refractivity contribution >= 4 is 27.9 Å². The normalized spacial score (nSPS) is 22.6. The molecule has 5 unspecified atom stereocenters. The molecule has 5 atom stereocenters. The Labute approximate surface area is 222 Å². The Kier molecular flexibility index (Phi) is 10.3. The van der Waals surface area contributed by atoms with Crippen LogP contribution in [-0.4, -0.2) is 71.3 Å². The van der Waals surface area contributed by atoms with Crippen LogP contribution in [0.4, 0.5) is 9.18 Å². The van der Waals surface area contributed by atoms with Crippen molar-refractivity contribution < 1.29 is 33.3 Å². The van der Waals surface area contributed by atoms with E-state index in [0.717, 1.165) is 0 Å². The molecule has 1 fully saturated rings. The molecule has 0 spiro atoms. The molecule has 1 heterocycles. The molecule has 1 aliphatic rings. The third-order valence-corrected chi connectivity index (χ3v) is 5.94. The molecule has 2 rings (SSSR count). The quantitative estimate of drug-likeness (QED) is 0.500. The summed E-state index contributed by atoms with van der Waals surface area (Å²) in [6.45, 7) is 14.8. The molecule has 0 bridgehead atoms. The smallest absolute Gasteiger partial charge is 0.411 e. The minimum absolute atomic E-state index is 0.0392. The van der Waals surface area contributed by atoms with Crippen molar-refractivity contribution in [2.45, 2.75) is 97.9 Å². The van der Waals surface area contributed by atoms with Crippen LogP contribution in [0.1, 0.15) is 61.0 Å². The van der Waals surface area contributed by atoms with Crippen LogP contribution in [-0.2, 0) is 25.4 Å². The largest absolute Gasteiger partial charge is 0.444 e. The van der Waals surface area contributed by atoms with Gasteiger partial charge in [-0.15, -0.1) is 0 Å². The number of hydrogen-bond acceptors (Lipinski definition) is 6. The molecule has 0 radical (unpaired) electrons. The molecule has 1 aromatic carbocycles. The standard InChI is InChI=1S/C26H40BrFN2O6/c1-15-23(35-14-25(3,4)5)34-13-21(30(15)24(33)36-26(6,7)8)22(32)20(29-16(2)31)11-17-9-18(27)12-19(28)10-17/h9-10,12,15,20-23,32H,11,13-14H2,1-8H3,(H,29,31). The average Bonchev–Trinajstić information content (AvgIpc) is 2.68. The maximum atomic E-state index is 14.0. The number of morpholine rings is 1. The van der Waals surface area contributed by atoms with Gasteiger partial charge in [0.1, 0.15) is 11.4 Å². The van der Waals surface area contributed by atoms with Crippen molar-refractivity contribution in [3.8, 4) is 0 Å². The van der Waals surface area contributed by atoms with Crippen LogP contribution in [0.5, 0.6) is 0 Å². The number of hydrogen-bond donors (Lipinski definition) is 2. The monoisotopic (exact) mass is 574 g/mol. The zero-order valence-corrected chi connectivity index (χ0v) is 24.0. The van der Waals surface area contributed by atoms with Gasteiger partial charge in [0.2, 0.25) is 5.91 Å². The predicted molar refractivity (Wildman–Crippen MR) is 138 cm³/mol. The molecule has 1 saturated heterocycles. The number of amides is 2. The van der Waals surface area contributed by atoms with E-state index < -0.39 is 48.0 Å². The Bertz CT molecular complexity index is 896. The first-order valence-corrected chi connectivity index (χ1v) is 12.9. The summed E-state index contributed by atoms with van der Waals surface area (Å²) in [4.78, 5) is 26.8. The van der Waals surface area contributed by atoms with Crippen LogP contribution in [0.15, 0.2) is 22.7 Å². The minimum atomic E-state index is -1.24. The van der Waals surface area contributed by atoms with Crippen molar-refractivity contribution in [2.24, 2.45) is 5.41 Å². The second kappa shape index (κ2) is 12.2. The van der Waals surface area contributed by atoms with Gasteiger partial charge in [-0.05, 0) is 63.3 Å². The molecule has 10 heteroatoms. The number of aliphatic hydroxyl groups excluding tert-OH is 1. The molecule has 2 amide bonds. The summed E-state index contributed by atoms with van der Waals surface area (Å²) in [6.07, 6.45) is -2.46. The third kappa shape index (κ3) is 9.28. The van der Waals surface area contributed by atoms with Crippen molar-refractivity contribution in [3.05, 3.63) is 34.1 Å². The summed E-state index contributed by atoms with van der Waals surface area (Å²) in [7, 11) is 0. The van der Waals surface area contributed by atoms with Gasteiger partial charge in [0.05, 0.1) is 37.4 Å². The molecule has 1 aromatic rings. The molecule has 36 heavy (non-hydrogen) atoms. The SMILES string of the molecule is CC(=O)NC(Cc1cc(F)cc(Br)c1)C(O)C1COC(OCC(C)(C)C)C(C)N1C(=O)OC(C)(C)C. The highest BCUT2D eigenvalue weighted by atomic mass is 79.9. The molecule has 2 N–H and O–H groups in total. The van der Waals surface area contributed by atoms with E-state index in [9.17, 15) is 19.1 Å². The number of nitrogens with zero attached hydrogens (tertiary/aromatic N) is 1. The average molecular weight is 576 g/mol. The van der Waals surface area contributed by atoms with Crippen molar-refractivity contribution in [3.63, 3.8) is 0 Å². The Morgan fingerprint density at radius 3 is 2.42 bits per heavy atom. The summed E-state index contributed by atoms with van der Waals surface area (Å²) in [5, 5.41) is 14.2. The number of carbonyl (C=O) groups excluding carboxylic acids is 2. The fourth-order valence-corrected chi connectivity index (χ4v) is 4.53. The Hall–Kier alpha value is -1.75. The van der Waals surface area contributed by atoms with Gasteiger partial charge in [-0.2, -0.15) is 0 Å². The molecule has 0 aromatic heterocycles. The lowest BCUT2D eigenvalue weighted by Crippen LogP contribution is -2.66. The zero-order valence-electron chi connectivity index (χ0n) is 22.4. The van der Waals surface area contributed by atoms with Crippen LogP contribution in [0.3, 0.4) is 0 Å². The summed E-state index contributed by atoms with van der Waals surface area (Å²) in [6, 6.07) is 2.12. The van der Waals surface area contributed by atoms with Gasteiger partial charge in [-0.1, -0.05) is 36.7 Å². The second-order valence-electron chi connectivity index (χ2n) is 11.5. The predicted octanol–water partition coefficient (Wildman–Crippen LogP) is 4.41. The van der Waals surface area contributed by atoms with Crippen LogP contribution in [0.2, 0.25) is 0 Å². The van der Waals surface area contributed by atoms with Gasteiger partial charge in [-0.25, -0.2) is 9.18 Å². The first kappa shape index (κ1) is 30.5. The van der Waals surface area contributed by atoms with Gasteiger partial charge in [0, 0.05) is 11.4 Å². The van der Waals surface area contributed by atoms with Crippen LogP contribution < -0.4 is 5.32 Å². The topological polar surface area (TPSA) is 97.3 Å². The van der Waals surface area contributed by atoms with Crippen molar-refractivity contribution in [1.82, 2.24) is 10.2 Å². The first-order chi connectivity index (χ1) is 16.5. The molecule has 1 aliphatic heterocycles. The van der Waals surface area contributed by atoms with Gasteiger partial charge >= 0.3 is 6.09 Å². The minimum Gasteiger partial charge on any atom is -0.444 e. The van der Waals surface area contributed by atoms with Crippen molar-refractivity contribution in [2.75, 3.05) is 13.2 Å². The van der Waals surface area contributed by atoms with Crippen molar-refractivity contribution in [1.29, 1.82) is 0 Å². The highest BCUT2D eigenvalue weighted by molar-refractivity contribution is 9.10. The molecule has 204 valence electrons. The molecular formula is C26H40BrFN2O6. The maximum Gasteiger partial charge on any atom is 0.411 e. The van der Waals surface area contributed by atoms with E-state index in [1.54, 1.807) is 33.8 Å². The number of benzene rings is 1. The van der Waals surface area contributed by atoms with E-state index in [1.807, 2.05) is 20.8 Å². The number of carbonyl (C=O) groups is 2. The number of halogens is 2. The number of rotatable bonds is 7. The number of aliphatic hydroxyl groups is 1. The lowest BCUT2D eigenvalue weighted by Gasteiger charge is -2.47. The molecule has 0 saturated carbocycles. The molecular weight excluding hydrogens is 535 g/mol. The summed E-state index contributed by atoms with van der Waals surface area (Å²) in [5.74, 6) is -0.811. The van der Waals surface area contributed by atoms with Crippen LogP contribution >= 0.6 is 15.9 Å². The fraction of sp³-hybridized carbons (Fsp3) is 0.692. The highest BCUT2D eigenvalue weighted by Crippen LogP contribution is 2.28. The Morgan fingerprint density at radius 1 is 1.25 bits per heavy atom. The van der Waals surface area contributed by atoms with Gasteiger partial charge in [-0.3, -0.25) is 9.69 Å². The van der Waals surface area contributed by atoms with E-state index in [4.69, 9.17) is 14.2 Å². The van der Waals surface area contributed by atoms with Gasteiger partial charge in [0.25, 0.3) is 0 Å². The van der Waals surface area contributed by atoms with Gasteiger partial charge < -0.3 is 24.6 Å². The first-order valence-electron chi connectivity index (χ1n) is 12.1. The number of ether oxygens (including phenoxy) is 3. The van der Waals surface area contributed by atoms with Gasteiger partial charge in [0.15, 0.2) is 6.29 Å². The molecule has 8 nitrogen and oxygen atoms in total. The van der Waals surface area contributed by atoms with Crippen LogP contribution in [0.25, 0.3) is 0 Å². The van der Waals surface area contributed by atoms with E-state index in [1.165, 1.54) is 24.0 Å². The summed E-state index contributed by atoms with van der Waals surface area (Å²) < 4.78 is 32.1. The summed E-state index contributed by atoms with van der Waals surface area (Å²) >= 11 is 3.27. The van der Waals surface area contributed by atoms with E-state index in [-0.39, 0.29) is 24.3 Å². The Balaban J connectivity index is 2.36. The highest BCUT2D eigenvalue weighted by Gasteiger charge is 2.46. The maximum absolute atomic E-state index is 14.0. The number of nitrogens with one attached hydrogen (secondary N) is 1. The Morgan fingerprint density at radius 2 is 1.89 bits per heavy atom. The second-order valence-corrected chi connectivity index (χ2v) is 12.5.